The third-order valence-electron chi connectivity index (χ3n) is 3.69. The Hall–Kier alpha value is -0.610. The van der Waals surface area contributed by atoms with Crippen molar-refractivity contribution in [3.63, 3.8) is 0 Å². The lowest BCUT2D eigenvalue weighted by Gasteiger charge is -2.21. The Labute approximate surface area is 117 Å². The quantitative estimate of drug-likeness (QED) is 0.506. The van der Waals surface area contributed by atoms with Crippen LogP contribution in [-0.4, -0.2) is 34.9 Å². The normalized spacial score (nSPS) is 14.4. The first kappa shape index (κ1) is 18.4. The van der Waals surface area contributed by atoms with E-state index in [0.29, 0.717) is 0 Å². The van der Waals surface area contributed by atoms with Crippen LogP contribution in [0.1, 0.15) is 65.7 Å². The van der Waals surface area contributed by atoms with Gasteiger partial charge in [-0.25, -0.2) is 0 Å². The van der Waals surface area contributed by atoms with Gasteiger partial charge >= 0.3 is 0 Å². The summed E-state index contributed by atoms with van der Waals surface area (Å²) in [6.07, 6.45) is 5.23. The lowest BCUT2D eigenvalue weighted by atomic mass is 9.94. The molecule has 0 saturated heterocycles. The molecule has 1 amide bonds. The molecule has 0 spiro atoms. The molecule has 114 valence electrons. The number of hydrogen-bond acceptors (Lipinski definition) is 3. The SMILES string of the molecule is CCC(CC)C(O)CC(=O)NC(C)CCCCCO. The van der Waals surface area contributed by atoms with Crippen LogP contribution in [0.2, 0.25) is 0 Å². The van der Waals surface area contributed by atoms with E-state index in [1.165, 1.54) is 0 Å². The first-order valence-corrected chi connectivity index (χ1v) is 7.63. The van der Waals surface area contributed by atoms with Gasteiger partial charge in [-0.3, -0.25) is 4.79 Å². The largest absolute Gasteiger partial charge is 0.396 e. The fraction of sp³-hybridized carbons (Fsp3) is 0.933. The lowest BCUT2D eigenvalue weighted by Crippen LogP contribution is -2.36. The number of unbranched alkanes of at least 4 members (excludes halogenated alkanes) is 2. The number of carbonyl (C=O) groups is 1. The Morgan fingerprint density at radius 2 is 1.79 bits per heavy atom. The van der Waals surface area contributed by atoms with Gasteiger partial charge in [-0.2, -0.15) is 0 Å². The molecule has 2 unspecified atom stereocenters. The Bertz CT molecular complexity index is 229. The summed E-state index contributed by atoms with van der Waals surface area (Å²) in [5.74, 6) is 0.152. The summed E-state index contributed by atoms with van der Waals surface area (Å²) < 4.78 is 0. The van der Waals surface area contributed by atoms with Gasteiger partial charge in [0.15, 0.2) is 0 Å². The fourth-order valence-electron chi connectivity index (χ4n) is 2.33. The van der Waals surface area contributed by atoms with E-state index < -0.39 is 6.10 Å². The van der Waals surface area contributed by atoms with Crippen molar-refractivity contribution < 1.29 is 15.0 Å². The predicted octanol–water partition coefficient (Wildman–Crippen LogP) is 2.23. The summed E-state index contributed by atoms with van der Waals surface area (Å²) in [4.78, 5) is 11.8. The van der Waals surface area contributed by atoms with Crippen molar-refractivity contribution in [2.75, 3.05) is 6.61 Å². The van der Waals surface area contributed by atoms with Crippen molar-refractivity contribution in [3.8, 4) is 0 Å². The maximum Gasteiger partial charge on any atom is 0.222 e. The third kappa shape index (κ3) is 9.00. The third-order valence-corrected chi connectivity index (χ3v) is 3.69. The van der Waals surface area contributed by atoms with Crippen LogP contribution in [0.5, 0.6) is 0 Å². The summed E-state index contributed by atoms with van der Waals surface area (Å²) in [6.45, 7) is 6.31. The first-order valence-electron chi connectivity index (χ1n) is 7.63. The Kier molecular flexibility index (Phi) is 10.9. The highest BCUT2D eigenvalue weighted by Gasteiger charge is 2.19. The second kappa shape index (κ2) is 11.2. The zero-order valence-electron chi connectivity index (χ0n) is 12.7. The molecule has 0 aromatic rings. The van der Waals surface area contributed by atoms with Gasteiger partial charge in [0.25, 0.3) is 0 Å². The number of carbonyl (C=O) groups excluding carboxylic acids is 1. The van der Waals surface area contributed by atoms with Crippen molar-refractivity contribution >= 4 is 5.91 Å². The minimum absolute atomic E-state index is 0.0611. The van der Waals surface area contributed by atoms with Gasteiger partial charge in [-0.1, -0.05) is 39.5 Å². The van der Waals surface area contributed by atoms with Crippen molar-refractivity contribution in [1.82, 2.24) is 5.32 Å². The smallest absolute Gasteiger partial charge is 0.222 e. The number of hydrogen-bond donors (Lipinski definition) is 3. The summed E-state index contributed by atoms with van der Waals surface area (Å²) in [5, 5.41) is 21.6. The lowest BCUT2D eigenvalue weighted by molar-refractivity contribution is -0.124. The van der Waals surface area contributed by atoms with Crippen LogP contribution >= 0.6 is 0 Å². The molecular weight excluding hydrogens is 242 g/mol. The van der Waals surface area contributed by atoms with E-state index in [1.807, 2.05) is 20.8 Å². The van der Waals surface area contributed by atoms with Gasteiger partial charge in [-0.15, -0.1) is 0 Å². The second-order valence-electron chi connectivity index (χ2n) is 5.39. The molecule has 0 heterocycles. The highest BCUT2D eigenvalue weighted by molar-refractivity contribution is 5.76. The van der Waals surface area contributed by atoms with Crippen LogP contribution in [0.4, 0.5) is 0 Å². The highest BCUT2D eigenvalue weighted by atomic mass is 16.3. The minimum atomic E-state index is -0.531. The zero-order chi connectivity index (χ0) is 14.7. The van der Waals surface area contributed by atoms with Crippen LogP contribution < -0.4 is 5.32 Å². The zero-order valence-corrected chi connectivity index (χ0v) is 12.7. The van der Waals surface area contributed by atoms with E-state index in [1.54, 1.807) is 0 Å². The molecule has 19 heavy (non-hydrogen) atoms. The number of amides is 1. The topological polar surface area (TPSA) is 69.6 Å². The van der Waals surface area contributed by atoms with Crippen LogP contribution in [0.25, 0.3) is 0 Å². The molecule has 3 N–H and O–H groups in total. The molecule has 2 atom stereocenters. The molecule has 0 aliphatic rings. The maximum absolute atomic E-state index is 11.8. The van der Waals surface area contributed by atoms with Gasteiger partial charge < -0.3 is 15.5 Å². The van der Waals surface area contributed by atoms with Crippen LogP contribution in [0.3, 0.4) is 0 Å². The van der Waals surface area contributed by atoms with E-state index in [0.717, 1.165) is 38.5 Å². The van der Waals surface area contributed by atoms with Gasteiger partial charge in [0.2, 0.25) is 5.91 Å². The Balaban J connectivity index is 3.83. The van der Waals surface area contributed by atoms with E-state index in [-0.39, 0.29) is 30.9 Å². The molecule has 0 aliphatic heterocycles. The average molecular weight is 273 g/mol. The Morgan fingerprint density at radius 1 is 1.16 bits per heavy atom. The highest BCUT2D eigenvalue weighted by Crippen LogP contribution is 2.15. The van der Waals surface area contributed by atoms with Gasteiger partial charge in [0, 0.05) is 12.6 Å². The molecule has 0 aliphatic carbocycles. The maximum atomic E-state index is 11.8. The predicted molar refractivity (Wildman–Crippen MR) is 77.9 cm³/mol. The molecule has 4 heteroatoms. The van der Waals surface area contributed by atoms with Crippen molar-refractivity contribution in [3.05, 3.63) is 0 Å². The van der Waals surface area contributed by atoms with Crippen LogP contribution in [-0.2, 0) is 4.79 Å². The van der Waals surface area contributed by atoms with Gasteiger partial charge in [0.05, 0.1) is 12.5 Å². The molecule has 0 saturated carbocycles. The average Bonchev–Trinajstić information content (AvgIpc) is 2.35. The van der Waals surface area contributed by atoms with E-state index >= 15 is 0 Å². The van der Waals surface area contributed by atoms with Gasteiger partial charge in [0.1, 0.15) is 0 Å². The summed E-state index contributed by atoms with van der Waals surface area (Å²) in [5.41, 5.74) is 0. The number of nitrogens with one attached hydrogen (secondary N) is 1. The second-order valence-corrected chi connectivity index (χ2v) is 5.39. The Morgan fingerprint density at radius 3 is 2.32 bits per heavy atom. The number of aliphatic hydroxyl groups excluding tert-OH is 2. The van der Waals surface area contributed by atoms with Crippen molar-refractivity contribution in [2.24, 2.45) is 5.92 Å². The first-order chi connectivity index (χ1) is 9.04. The monoisotopic (exact) mass is 273 g/mol. The molecule has 0 bridgehead atoms. The molecule has 4 nitrogen and oxygen atoms in total. The molecule has 0 rings (SSSR count). The number of rotatable bonds is 11. The van der Waals surface area contributed by atoms with E-state index in [9.17, 15) is 9.90 Å². The minimum Gasteiger partial charge on any atom is -0.396 e. The molecular formula is C15H31NO3. The summed E-state index contributed by atoms with van der Waals surface area (Å²) in [6, 6.07) is 0.139. The summed E-state index contributed by atoms with van der Waals surface area (Å²) >= 11 is 0. The molecule has 0 radical (unpaired) electrons. The van der Waals surface area contributed by atoms with Gasteiger partial charge in [-0.05, 0) is 25.7 Å². The van der Waals surface area contributed by atoms with E-state index in [4.69, 9.17) is 5.11 Å². The van der Waals surface area contributed by atoms with Crippen LogP contribution in [0.15, 0.2) is 0 Å². The number of aliphatic hydroxyl groups is 2. The van der Waals surface area contributed by atoms with Crippen LogP contribution in [0, 0.1) is 5.92 Å². The fourth-order valence-corrected chi connectivity index (χ4v) is 2.33. The van der Waals surface area contributed by atoms with E-state index in [2.05, 4.69) is 5.32 Å². The standard InChI is InChI=1S/C15H31NO3/c1-4-13(5-2)14(18)11-15(19)16-12(3)9-7-6-8-10-17/h12-14,17-18H,4-11H2,1-3H3,(H,16,19). The molecule has 0 aromatic carbocycles. The summed E-state index contributed by atoms with van der Waals surface area (Å²) in [7, 11) is 0. The molecule has 0 fully saturated rings. The van der Waals surface area contributed by atoms with Crippen molar-refractivity contribution in [2.45, 2.75) is 77.9 Å². The molecule has 0 aromatic heterocycles. The van der Waals surface area contributed by atoms with Crippen molar-refractivity contribution in [1.29, 1.82) is 0 Å².